The van der Waals surface area contributed by atoms with Crippen LogP contribution in [0.1, 0.15) is 40.3 Å². The molecule has 1 amide bonds. The Bertz CT molecular complexity index is 938. The number of aromatic nitrogens is 3. The minimum Gasteiger partial charge on any atom is -0.350 e. The molecule has 1 saturated carbocycles. The Morgan fingerprint density at radius 2 is 2.00 bits per heavy atom. The lowest BCUT2D eigenvalue weighted by atomic mass is 10.1. The summed E-state index contributed by atoms with van der Waals surface area (Å²) >= 11 is 0. The highest BCUT2D eigenvalue weighted by Crippen LogP contribution is 2.31. The molecule has 134 valence electrons. The van der Waals surface area contributed by atoms with Gasteiger partial charge >= 0.3 is 0 Å². The molecule has 1 fully saturated rings. The van der Waals surface area contributed by atoms with Crippen molar-refractivity contribution in [3.05, 3.63) is 59.1 Å². The van der Waals surface area contributed by atoms with Gasteiger partial charge in [0.1, 0.15) is 5.69 Å². The number of carbonyl (C=O) groups is 1. The summed E-state index contributed by atoms with van der Waals surface area (Å²) in [5.74, 6) is 0.180. The van der Waals surface area contributed by atoms with Crippen molar-refractivity contribution < 1.29 is 9.32 Å². The van der Waals surface area contributed by atoms with Crippen molar-refractivity contribution in [1.29, 1.82) is 0 Å². The third kappa shape index (κ3) is 3.03. The van der Waals surface area contributed by atoms with E-state index in [-0.39, 0.29) is 17.7 Å². The highest BCUT2D eigenvalue weighted by atomic mass is 16.5. The summed E-state index contributed by atoms with van der Waals surface area (Å²) in [6.45, 7) is 4.57. The molecule has 4 rings (SSSR count). The monoisotopic (exact) mass is 350 g/mol. The number of nitrogens with zero attached hydrogens (tertiary/aromatic N) is 4. The Labute approximate surface area is 152 Å². The first-order chi connectivity index (χ1) is 12.5. The van der Waals surface area contributed by atoms with E-state index in [0.29, 0.717) is 12.2 Å². The van der Waals surface area contributed by atoms with Crippen LogP contribution in [0.3, 0.4) is 0 Å². The average Bonchev–Trinajstić information content (AvgIpc) is 3.31. The van der Waals surface area contributed by atoms with Crippen LogP contribution in [0.2, 0.25) is 0 Å². The summed E-state index contributed by atoms with van der Waals surface area (Å²) < 4.78 is 7.24. The maximum Gasteiger partial charge on any atom is 0.293 e. The van der Waals surface area contributed by atoms with Crippen LogP contribution in [0.4, 0.5) is 0 Å². The van der Waals surface area contributed by atoms with E-state index in [4.69, 9.17) is 4.52 Å². The molecule has 1 aromatic carbocycles. The summed E-state index contributed by atoms with van der Waals surface area (Å²) in [5.41, 5.74) is 4.77. The first kappa shape index (κ1) is 16.6. The zero-order valence-corrected chi connectivity index (χ0v) is 15.3. The molecule has 1 aliphatic rings. The molecule has 0 aliphatic heterocycles. The number of carbonyl (C=O) groups excluding carboxylic acids is 1. The standard InChI is InChI=1S/C20H22N4O2/c1-13-17(14(2)23(3)21-13)12-24(16-9-10-16)20(25)19-11-18(22-26-19)15-7-5-4-6-8-15/h4-8,11,16H,9-10,12H2,1-3H3. The van der Waals surface area contributed by atoms with Crippen LogP contribution in [-0.2, 0) is 13.6 Å². The van der Waals surface area contributed by atoms with Crippen LogP contribution < -0.4 is 0 Å². The van der Waals surface area contributed by atoms with Crippen LogP contribution in [0.25, 0.3) is 11.3 Å². The minimum atomic E-state index is -0.107. The molecule has 3 aromatic rings. The molecule has 0 atom stereocenters. The number of rotatable bonds is 5. The van der Waals surface area contributed by atoms with Gasteiger partial charge in [0, 0.05) is 36.0 Å². The largest absolute Gasteiger partial charge is 0.350 e. The van der Waals surface area contributed by atoms with Crippen molar-refractivity contribution in [1.82, 2.24) is 19.8 Å². The second kappa shape index (κ2) is 6.44. The minimum absolute atomic E-state index is 0.107. The van der Waals surface area contributed by atoms with Crippen LogP contribution in [0.5, 0.6) is 0 Å². The van der Waals surface area contributed by atoms with Gasteiger partial charge in [-0.25, -0.2) is 0 Å². The fraction of sp³-hybridized carbons (Fsp3) is 0.350. The highest BCUT2D eigenvalue weighted by Gasteiger charge is 2.35. The molecule has 26 heavy (non-hydrogen) atoms. The Balaban J connectivity index is 1.60. The summed E-state index contributed by atoms with van der Waals surface area (Å²) in [6.07, 6.45) is 2.06. The van der Waals surface area contributed by atoms with Gasteiger partial charge in [-0.3, -0.25) is 9.48 Å². The molecule has 6 heteroatoms. The Hall–Kier alpha value is -2.89. The lowest BCUT2D eigenvalue weighted by molar-refractivity contribution is 0.0687. The van der Waals surface area contributed by atoms with E-state index in [2.05, 4.69) is 10.3 Å². The quantitative estimate of drug-likeness (QED) is 0.706. The third-order valence-electron chi connectivity index (χ3n) is 5.03. The van der Waals surface area contributed by atoms with E-state index in [1.807, 2.05) is 60.8 Å². The predicted octanol–water partition coefficient (Wildman–Crippen LogP) is 3.50. The van der Waals surface area contributed by atoms with Crippen LogP contribution in [0, 0.1) is 13.8 Å². The Kier molecular flexibility index (Phi) is 4.11. The van der Waals surface area contributed by atoms with Gasteiger partial charge in [-0.2, -0.15) is 5.10 Å². The third-order valence-corrected chi connectivity index (χ3v) is 5.03. The number of benzene rings is 1. The fourth-order valence-corrected chi connectivity index (χ4v) is 3.23. The SMILES string of the molecule is Cc1nn(C)c(C)c1CN(C(=O)c1cc(-c2ccccc2)no1)C1CC1. The zero-order valence-electron chi connectivity index (χ0n) is 15.3. The van der Waals surface area contributed by atoms with Crippen molar-refractivity contribution in [2.24, 2.45) is 7.05 Å². The van der Waals surface area contributed by atoms with E-state index >= 15 is 0 Å². The first-order valence-corrected chi connectivity index (χ1v) is 8.86. The van der Waals surface area contributed by atoms with Crippen molar-refractivity contribution in [3.63, 3.8) is 0 Å². The van der Waals surface area contributed by atoms with Crippen LogP contribution >= 0.6 is 0 Å². The summed E-state index contributed by atoms with van der Waals surface area (Å²) in [6, 6.07) is 11.7. The molecule has 2 heterocycles. The maximum absolute atomic E-state index is 13.1. The second-order valence-corrected chi connectivity index (χ2v) is 6.88. The Morgan fingerprint density at radius 3 is 2.62 bits per heavy atom. The summed E-state index contributed by atoms with van der Waals surface area (Å²) in [4.78, 5) is 15.0. The van der Waals surface area contributed by atoms with Gasteiger partial charge in [-0.15, -0.1) is 0 Å². The van der Waals surface area contributed by atoms with Crippen molar-refractivity contribution >= 4 is 5.91 Å². The van der Waals surface area contributed by atoms with E-state index in [1.54, 1.807) is 6.07 Å². The molecule has 0 N–H and O–H groups in total. The van der Waals surface area contributed by atoms with Gasteiger partial charge in [0.25, 0.3) is 5.91 Å². The Morgan fingerprint density at radius 1 is 1.27 bits per heavy atom. The van der Waals surface area contributed by atoms with E-state index in [9.17, 15) is 4.79 Å². The molecule has 0 bridgehead atoms. The van der Waals surface area contributed by atoms with E-state index < -0.39 is 0 Å². The molecular weight excluding hydrogens is 328 g/mol. The summed E-state index contributed by atoms with van der Waals surface area (Å²) in [7, 11) is 1.93. The highest BCUT2D eigenvalue weighted by molar-refractivity contribution is 5.92. The number of hydrogen-bond donors (Lipinski definition) is 0. The van der Waals surface area contributed by atoms with Crippen molar-refractivity contribution in [3.8, 4) is 11.3 Å². The van der Waals surface area contributed by atoms with E-state index in [1.165, 1.54) is 0 Å². The molecule has 0 saturated heterocycles. The molecule has 0 unspecified atom stereocenters. The normalized spacial score (nSPS) is 13.8. The smallest absolute Gasteiger partial charge is 0.293 e. The second-order valence-electron chi connectivity index (χ2n) is 6.88. The fourth-order valence-electron chi connectivity index (χ4n) is 3.23. The molecule has 6 nitrogen and oxygen atoms in total. The topological polar surface area (TPSA) is 64.2 Å². The lowest BCUT2D eigenvalue weighted by Gasteiger charge is -2.21. The zero-order chi connectivity index (χ0) is 18.3. The van der Waals surface area contributed by atoms with Crippen LogP contribution in [0.15, 0.2) is 40.9 Å². The van der Waals surface area contributed by atoms with Crippen LogP contribution in [-0.4, -0.2) is 31.8 Å². The lowest BCUT2D eigenvalue weighted by Crippen LogP contribution is -2.32. The number of amides is 1. The molecular formula is C20H22N4O2. The molecule has 0 radical (unpaired) electrons. The van der Waals surface area contributed by atoms with Crippen molar-refractivity contribution in [2.75, 3.05) is 0 Å². The summed E-state index contributed by atoms with van der Waals surface area (Å²) in [5, 5.41) is 8.54. The van der Waals surface area contributed by atoms with Gasteiger partial charge in [0.15, 0.2) is 0 Å². The van der Waals surface area contributed by atoms with E-state index in [0.717, 1.165) is 35.4 Å². The van der Waals surface area contributed by atoms with Crippen molar-refractivity contribution in [2.45, 2.75) is 39.3 Å². The first-order valence-electron chi connectivity index (χ1n) is 8.86. The van der Waals surface area contributed by atoms with Gasteiger partial charge in [-0.05, 0) is 26.7 Å². The maximum atomic E-state index is 13.1. The van der Waals surface area contributed by atoms with Gasteiger partial charge in [0.2, 0.25) is 5.76 Å². The molecule has 2 aromatic heterocycles. The number of hydrogen-bond acceptors (Lipinski definition) is 4. The van der Waals surface area contributed by atoms with Gasteiger partial charge < -0.3 is 9.42 Å². The predicted molar refractivity (Wildman–Crippen MR) is 97.5 cm³/mol. The number of aryl methyl sites for hydroxylation is 2. The molecule has 1 aliphatic carbocycles. The van der Waals surface area contributed by atoms with Gasteiger partial charge in [0.05, 0.1) is 12.2 Å². The molecule has 0 spiro atoms. The average molecular weight is 350 g/mol. The van der Waals surface area contributed by atoms with Gasteiger partial charge in [-0.1, -0.05) is 35.5 Å².